The number of rotatable bonds is 8. The molecule has 1 saturated heterocycles. The second-order valence-electron chi connectivity index (χ2n) is 9.37. The molecule has 1 aliphatic heterocycles. The Bertz CT molecular complexity index is 1700. The van der Waals surface area contributed by atoms with Crippen molar-refractivity contribution in [1.82, 2.24) is 19.5 Å². The standard InChI is InChI=1S/C22H24ClN5O10P2/c23-22-26-19(25-12-3-1-2-10-6-13(29)14(30)7-11(10)12)16-20(27-22)28(8-24-16)21-18(32)17(31)15(38-21)4-5-39(33,34)9-40(35,36)37/h1-3,6-8,15,17-18,21,29-32H,4-5,9H2,(H,33,34)(H,25,26,27)(H2,35,36,37)/t15-,17?,18?,21-/m1/s1. The summed E-state index contributed by atoms with van der Waals surface area (Å²) in [6, 6.07) is 7.93. The fraction of sp³-hybridized carbons (Fsp3) is 0.318. The van der Waals surface area contributed by atoms with Crippen molar-refractivity contribution in [3.63, 3.8) is 0 Å². The number of aliphatic hydroxyl groups is 2. The van der Waals surface area contributed by atoms with E-state index < -0.39 is 51.6 Å². The van der Waals surface area contributed by atoms with E-state index in [1.165, 1.54) is 23.0 Å². The van der Waals surface area contributed by atoms with Crippen LogP contribution in [0.25, 0.3) is 21.9 Å². The maximum Gasteiger partial charge on any atom is 0.335 e. The smallest absolute Gasteiger partial charge is 0.335 e. The summed E-state index contributed by atoms with van der Waals surface area (Å²) in [6.45, 7) is 0. The molecule has 4 aromatic rings. The summed E-state index contributed by atoms with van der Waals surface area (Å²) in [5, 5.41) is 45.1. The van der Waals surface area contributed by atoms with Crippen molar-refractivity contribution in [2.75, 3.05) is 17.4 Å². The van der Waals surface area contributed by atoms with Crippen molar-refractivity contribution >= 4 is 60.0 Å². The van der Waals surface area contributed by atoms with Crippen molar-refractivity contribution in [2.24, 2.45) is 0 Å². The van der Waals surface area contributed by atoms with E-state index in [2.05, 4.69) is 20.3 Å². The molecule has 0 radical (unpaired) electrons. The number of phenols is 2. The molecular weight excluding hydrogens is 592 g/mol. The first kappa shape index (κ1) is 28.7. The Balaban J connectivity index is 1.43. The number of nitrogens with zero attached hydrogens (tertiary/aromatic N) is 4. The van der Waals surface area contributed by atoms with Gasteiger partial charge in [0.2, 0.25) is 12.7 Å². The number of aromatic hydroxyl groups is 2. The highest BCUT2D eigenvalue weighted by Gasteiger charge is 2.45. The number of imidazole rings is 1. The molecule has 3 heterocycles. The van der Waals surface area contributed by atoms with Crippen LogP contribution >= 0.6 is 26.6 Å². The van der Waals surface area contributed by atoms with Crippen molar-refractivity contribution in [2.45, 2.75) is 31.0 Å². The average molecular weight is 616 g/mol. The number of hydrogen-bond acceptors (Lipinski definition) is 11. The summed E-state index contributed by atoms with van der Waals surface area (Å²) >= 11 is 6.18. The molecule has 0 bridgehead atoms. The van der Waals surface area contributed by atoms with Gasteiger partial charge in [-0.1, -0.05) is 12.1 Å². The van der Waals surface area contributed by atoms with Gasteiger partial charge in [-0.25, -0.2) is 4.98 Å². The van der Waals surface area contributed by atoms with Crippen molar-refractivity contribution in [3.05, 3.63) is 41.9 Å². The first-order chi connectivity index (χ1) is 18.7. The molecular formula is C22H24ClN5O10P2. The van der Waals surface area contributed by atoms with Crippen LogP contribution in [0.15, 0.2) is 36.7 Å². The molecule has 0 spiro atoms. The SMILES string of the molecule is O=P(O)(O)CP(=O)(O)CC[C@H]1O[C@@H](n2cnc3c(Nc4cccc5cc(O)c(O)cc45)nc(Cl)nc32)C(O)C1O. The van der Waals surface area contributed by atoms with Gasteiger partial charge in [0.05, 0.1) is 12.4 Å². The van der Waals surface area contributed by atoms with Crippen LogP contribution in [0.2, 0.25) is 5.28 Å². The topological polar surface area (TPSA) is 241 Å². The average Bonchev–Trinajstić information content (AvgIpc) is 3.38. The van der Waals surface area contributed by atoms with Crippen LogP contribution in [-0.2, 0) is 13.9 Å². The maximum absolute atomic E-state index is 12.2. The molecule has 3 unspecified atom stereocenters. The number of aliphatic hydroxyl groups excluding tert-OH is 2. The predicted octanol–water partition coefficient (Wildman–Crippen LogP) is 2.20. The molecule has 214 valence electrons. The van der Waals surface area contributed by atoms with Crippen LogP contribution in [0.4, 0.5) is 11.5 Å². The van der Waals surface area contributed by atoms with Crippen molar-refractivity contribution in [1.29, 1.82) is 0 Å². The Morgan fingerprint density at radius 3 is 2.50 bits per heavy atom. The van der Waals surface area contributed by atoms with Crippen molar-refractivity contribution in [3.8, 4) is 11.5 Å². The summed E-state index contributed by atoms with van der Waals surface area (Å²) in [7, 11) is -8.98. The van der Waals surface area contributed by atoms with E-state index >= 15 is 0 Å². The number of benzene rings is 2. The number of halogens is 1. The van der Waals surface area contributed by atoms with Gasteiger partial charge in [-0.2, -0.15) is 9.97 Å². The number of fused-ring (bicyclic) bond motifs is 2. The fourth-order valence-electron chi connectivity index (χ4n) is 4.59. The molecule has 2 aromatic heterocycles. The highest BCUT2D eigenvalue weighted by atomic mass is 35.5. The lowest BCUT2D eigenvalue weighted by Crippen LogP contribution is -2.32. The van der Waals surface area contributed by atoms with E-state index in [0.717, 1.165) is 0 Å². The van der Waals surface area contributed by atoms with Gasteiger partial charge in [0.25, 0.3) is 0 Å². The minimum Gasteiger partial charge on any atom is -0.504 e. The zero-order chi connectivity index (χ0) is 29.0. The first-order valence-electron chi connectivity index (χ1n) is 11.7. The zero-order valence-corrected chi connectivity index (χ0v) is 22.9. The van der Waals surface area contributed by atoms with Gasteiger partial charge in [0.15, 0.2) is 34.7 Å². The number of anilines is 2. The second-order valence-corrected chi connectivity index (χ2v) is 14.3. The van der Waals surface area contributed by atoms with Gasteiger partial charge >= 0.3 is 7.60 Å². The highest BCUT2D eigenvalue weighted by molar-refractivity contribution is 7.72. The van der Waals surface area contributed by atoms with E-state index in [1.807, 2.05) is 0 Å². The van der Waals surface area contributed by atoms with Crippen LogP contribution in [0.5, 0.6) is 11.5 Å². The van der Waals surface area contributed by atoms with Gasteiger partial charge in [-0.05, 0) is 41.6 Å². The summed E-state index contributed by atoms with van der Waals surface area (Å²) in [5.41, 5.74) is 0.823. The Hall–Kier alpha value is -2.84. The van der Waals surface area contributed by atoms with Gasteiger partial charge in [-0.3, -0.25) is 13.7 Å². The molecule has 18 heteroatoms. The van der Waals surface area contributed by atoms with E-state index in [-0.39, 0.29) is 40.2 Å². The fourth-order valence-corrected chi connectivity index (χ4v) is 8.28. The van der Waals surface area contributed by atoms with Crippen LogP contribution < -0.4 is 5.32 Å². The molecule has 2 aromatic carbocycles. The van der Waals surface area contributed by atoms with Gasteiger partial charge < -0.3 is 45.2 Å². The van der Waals surface area contributed by atoms with Crippen LogP contribution in [0.3, 0.4) is 0 Å². The van der Waals surface area contributed by atoms with E-state index in [1.54, 1.807) is 18.2 Å². The van der Waals surface area contributed by atoms with E-state index in [9.17, 15) is 34.4 Å². The third-order valence-electron chi connectivity index (χ3n) is 6.40. The third-order valence-corrected chi connectivity index (χ3v) is 10.8. The lowest BCUT2D eigenvalue weighted by molar-refractivity contribution is -0.0354. The first-order valence-corrected chi connectivity index (χ1v) is 15.9. The summed E-state index contributed by atoms with van der Waals surface area (Å²) in [5.74, 6) is -1.65. The quantitative estimate of drug-likeness (QED) is 0.0805. The van der Waals surface area contributed by atoms with Gasteiger partial charge in [0, 0.05) is 17.2 Å². The Labute approximate surface area is 230 Å². The van der Waals surface area contributed by atoms with E-state index in [0.29, 0.717) is 16.5 Å². The molecule has 5 rings (SSSR count). The lowest BCUT2D eigenvalue weighted by Gasteiger charge is -2.18. The van der Waals surface area contributed by atoms with Gasteiger partial charge in [-0.15, -0.1) is 0 Å². The monoisotopic (exact) mass is 615 g/mol. The zero-order valence-electron chi connectivity index (χ0n) is 20.3. The maximum atomic E-state index is 12.2. The van der Waals surface area contributed by atoms with Crippen molar-refractivity contribution < 1.29 is 49.0 Å². The minimum absolute atomic E-state index is 0.120. The molecule has 40 heavy (non-hydrogen) atoms. The molecule has 15 nitrogen and oxygen atoms in total. The van der Waals surface area contributed by atoms with Crippen LogP contribution in [0, 0.1) is 0 Å². The predicted molar refractivity (Wildman–Crippen MR) is 143 cm³/mol. The van der Waals surface area contributed by atoms with Crippen LogP contribution in [0.1, 0.15) is 12.6 Å². The minimum atomic E-state index is -4.74. The molecule has 0 amide bonds. The number of aromatic nitrogens is 4. The normalized spacial score (nSPS) is 23.1. The summed E-state index contributed by atoms with van der Waals surface area (Å²) in [6.07, 6.45) is -4.91. The Morgan fingerprint density at radius 2 is 1.77 bits per heavy atom. The molecule has 1 fully saturated rings. The number of nitrogens with one attached hydrogen (secondary N) is 1. The highest BCUT2D eigenvalue weighted by Crippen LogP contribution is 2.55. The molecule has 0 saturated carbocycles. The number of ether oxygens (including phenoxy) is 1. The largest absolute Gasteiger partial charge is 0.504 e. The number of phenolic OH excluding ortho intramolecular Hbond substituents is 2. The third kappa shape index (κ3) is 5.79. The molecule has 1 aliphatic rings. The molecule has 5 atom stereocenters. The number of hydrogen-bond donors (Lipinski definition) is 8. The van der Waals surface area contributed by atoms with Crippen LogP contribution in [-0.4, -0.2) is 85.0 Å². The second kappa shape index (κ2) is 10.5. The molecule has 0 aliphatic carbocycles. The molecule has 8 N–H and O–H groups in total. The van der Waals surface area contributed by atoms with E-state index in [4.69, 9.17) is 26.1 Å². The summed E-state index contributed by atoms with van der Waals surface area (Å²) < 4.78 is 30.4. The Morgan fingerprint density at radius 1 is 1.05 bits per heavy atom. The summed E-state index contributed by atoms with van der Waals surface area (Å²) in [4.78, 5) is 40.6. The van der Waals surface area contributed by atoms with Gasteiger partial charge in [0.1, 0.15) is 18.1 Å². The Kier molecular flexibility index (Phi) is 7.55. The lowest BCUT2D eigenvalue weighted by atomic mass is 10.1.